The van der Waals surface area contributed by atoms with Gasteiger partial charge in [-0.1, -0.05) is 0 Å². The van der Waals surface area contributed by atoms with Crippen molar-refractivity contribution in [3.05, 3.63) is 0 Å². The molecule has 3 heteroatoms. The average Bonchev–Trinajstić information content (AvgIpc) is 2.59. The van der Waals surface area contributed by atoms with Gasteiger partial charge in [0.2, 0.25) is 0 Å². The number of ether oxygens (including phenoxy) is 1. The average molecular weight is 142 g/mol. The third-order valence-corrected chi connectivity index (χ3v) is 2.21. The third kappa shape index (κ3) is 1.17. The molecule has 2 rings (SSSR count). The Morgan fingerprint density at radius 2 is 2.20 bits per heavy atom. The largest absolute Gasteiger partial charge is 0.360 e. The maximum atomic E-state index is 5.46. The highest BCUT2D eigenvalue weighted by Crippen LogP contribution is 2.12. The molecule has 10 heavy (non-hydrogen) atoms. The van der Waals surface area contributed by atoms with Crippen molar-refractivity contribution in [3.8, 4) is 0 Å². The van der Waals surface area contributed by atoms with Gasteiger partial charge in [0.05, 0.1) is 6.61 Å². The summed E-state index contributed by atoms with van der Waals surface area (Å²) in [4.78, 5) is 0. The molecule has 0 radical (unpaired) electrons. The number of nitrogens with one attached hydrogen (secondary N) is 2. The SMILES string of the molecule is C1CNC(C2NCCO2)C1. The van der Waals surface area contributed by atoms with E-state index < -0.39 is 0 Å². The molecule has 3 nitrogen and oxygen atoms in total. The molecule has 2 heterocycles. The van der Waals surface area contributed by atoms with Gasteiger partial charge in [-0.2, -0.15) is 0 Å². The van der Waals surface area contributed by atoms with Crippen molar-refractivity contribution in [2.45, 2.75) is 25.1 Å². The maximum absolute atomic E-state index is 5.46. The van der Waals surface area contributed by atoms with Gasteiger partial charge in [-0.15, -0.1) is 0 Å². The standard InChI is InChI=1S/C7H14N2O/c1-2-6(8-3-1)7-9-4-5-10-7/h6-9H,1-5H2. The van der Waals surface area contributed by atoms with Gasteiger partial charge in [0.1, 0.15) is 6.23 Å². The first kappa shape index (κ1) is 6.58. The van der Waals surface area contributed by atoms with Crippen LogP contribution in [0, 0.1) is 0 Å². The Morgan fingerprint density at radius 1 is 1.20 bits per heavy atom. The number of hydrogen-bond acceptors (Lipinski definition) is 3. The summed E-state index contributed by atoms with van der Waals surface area (Å²) in [6.45, 7) is 3.05. The van der Waals surface area contributed by atoms with Crippen LogP contribution in [0.25, 0.3) is 0 Å². The molecule has 2 atom stereocenters. The second kappa shape index (κ2) is 2.86. The lowest BCUT2D eigenvalue weighted by molar-refractivity contribution is 0.0740. The summed E-state index contributed by atoms with van der Waals surface area (Å²) in [6, 6.07) is 0.572. The van der Waals surface area contributed by atoms with Gasteiger partial charge in [-0.05, 0) is 19.4 Å². The molecule has 2 unspecified atom stereocenters. The Bertz CT molecular complexity index is 92.2. The maximum Gasteiger partial charge on any atom is 0.123 e. The van der Waals surface area contributed by atoms with Crippen LogP contribution < -0.4 is 10.6 Å². The van der Waals surface area contributed by atoms with E-state index in [0.717, 1.165) is 19.7 Å². The quantitative estimate of drug-likeness (QED) is 0.526. The molecule has 0 bridgehead atoms. The van der Waals surface area contributed by atoms with Crippen LogP contribution in [0.4, 0.5) is 0 Å². The van der Waals surface area contributed by atoms with E-state index in [1.165, 1.54) is 12.8 Å². The van der Waals surface area contributed by atoms with Crippen LogP contribution >= 0.6 is 0 Å². The minimum absolute atomic E-state index is 0.294. The van der Waals surface area contributed by atoms with Crippen molar-refractivity contribution in [1.82, 2.24) is 10.6 Å². The zero-order valence-corrected chi connectivity index (χ0v) is 6.10. The Balaban J connectivity index is 1.85. The lowest BCUT2D eigenvalue weighted by atomic mass is 10.2. The van der Waals surface area contributed by atoms with Gasteiger partial charge < -0.3 is 10.1 Å². The topological polar surface area (TPSA) is 33.3 Å². The van der Waals surface area contributed by atoms with Crippen LogP contribution in [0.2, 0.25) is 0 Å². The lowest BCUT2D eigenvalue weighted by Gasteiger charge is -2.17. The monoisotopic (exact) mass is 142 g/mol. The molecule has 0 aromatic carbocycles. The molecule has 0 aromatic rings. The first-order valence-electron chi connectivity index (χ1n) is 4.05. The second-order valence-corrected chi connectivity index (χ2v) is 2.95. The van der Waals surface area contributed by atoms with E-state index in [1.807, 2.05) is 0 Å². The second-order valence-electron chi connectivity index (χ2n) is 2.95. The zero-order valence-electron chi connectivity index (χ0n) is 6.10. The Morgan fingerprint density at radius 3 is 2.80 bits per heavy atom. The summed E-state index contributed by atoms with van der Waals surface area (Å²) in [5, 5.41) is 6.72. The molecule has 0 amide bonds. The van der Waals surface area contributed by atoms with Crippen LogP contribution in [0.15, 0.2) is 0 Å². The van der Waals surface area contributed by atoms with Crippen molar-refractivity contribution in [3.63, 3.8) is 0 Å². The van der Waals surface area contributed by atoms with E-state index in [1.54, 1.807) is 0 Å². The first-order chi connectivity index (χ1) is 4.97. The highest BCUT2D eigenvalue weighted by molar-refractivity contribution is 4.83. The summed E-state index contributed by atoms with van der Waals surface area (Å²) in [7, 11) is 0. The molecule has 2 aliphatic heterocycles. The van der Waals surface area contributed by atoms with Crippen LogP contribution in [-0.2, 0) is 4.74 Å². The fourth-order valence-electron chi connectivity index (χ4n) is 1.67. The number of rotatable bonds is 1. The smallest absolute Gasteiger partial charge is 0.123 e. The van der Waals surface area contributed by atoms with Gasteiger partial charge in [0, 0.05) is 12.6 Å². The summed E-state index contributed by atoms with van der Waals surface area (Å²) in [6.07, 6.45) is 2.85. The van der Waals surface area contributed by atoms with Crippen LogP contribution in [0.3, 0.4) is 0 Å². The molecular formula is C7H14N2O. The summed E-state index contributed by atoms with van der Waals surface area (Å²) >= 11 is 0. The van der Waals surface area contributed by atoms with Gasteiger partial charge in [-0.25, -0.2) is 0 Å². The molecule has 0 saturated carbocycles. The highest BCUT2D eigenvalue weighted by Gasteiger charge is 2.27. The number of hydrogen-bond donors (Lipinski definition) is 2. The molecular weight excluding hydrogens is 128 g/mol. The molecule has 0 aliphatic carbocycles. The van der Waals surface area contributed by atoms with Crippen molar-refractivity contribution in [2.75, 3.05) is 19.7 Å². The predicted molar refractivity (Wildman–Crippen MR) is 38.8 cm³/mol. The van der Waals surface area contributed by atoms with E-state index in [4.69, 9.17) is 4.74 Å². The van der Waals surface area contributed by atoms with Gasteiger partial charge in [0.15, 0.2) is 0 Å². The van der Waals surface area contributed by atoms with E-state index in [-0.39, 0.29) is 0 Å². The lowest BCUT2D eigenvalue weighted by Crippen LogP contribution is -2.41. The summed E-state index contributed by atoms with van der Waals surface area (Å²) in [5.41, 5.74) is 0. The highest BCUT2D eigenvalue weighted by atomic mass is 16.5. The molecule has 0 aromatic heterocycles. The molecule has 0 spiro atoms. The van der Waals surface area contributed by atoms with Crippen LogP contribution in [0.5, 0.6) is 0 Å². The van der Waals surface area contributed by atoms with Crippen molar-refractivity contribution >= 4 is 0 Å². The van der Waals surface area contributed by atoms with Crippen LogP contribution in [0.1, 0.15) is 12.8 Å². The van der Waals surface area contributed by atoms with Gasteiger partial charge in [0.25, 0.3) is 0 Å². The van der Waals surface area contributed by atoms with E-state index >= 15 is 0 Å². The van der Waals surface area contributed by atoms with Crippen LogP contribution in [-0.4, -0.2) is 32.0 Å². The fourth-order valence-corrected chi connectivity index (χ4v) is 1.67. The van der Waals surface area contributed by atoms with Crippen molar-refractivity contribution < 1.29 is 4.74 Å². The van der Waals surface area contributed by atoms with E-state index in [2.05, 4.69) is 10.6 Å². The third-order valence-electron chi connectivity index (χ3n) is 2.21. The molecule has 2 N–H and O–H groups in total. The molecule has 2 saturated heterocycles. The predicted octanol–water partition coefficient (Wildman–Crippen LogP) is -0.316. The first-order valence-corrected chi connectivity index (χ1v) is 4.05. The fraction of sp³-hybridized carbons (Fsp3) is 1.00. The molecule has 2 aliphatic rings. The summed E-state index contributed by atoms with van der Waals surface area (Å²) in [5.74, 6) is 0. The van der Waals surface area contributed by atoms with Crippen molar-refractivity contribution in [1.29, 1.82) is 0 Å². The van der Waals surface area contributed by atoms with Gasteiger partial charge in [-0.3, -0.25) is 5.32 Å². The van der Waals surface area contributed by atoms with E-state index in [0.29, 0.717) is 12.3 Å². The van der Waals surface area contributed by atoms with Crippen molar-refractivity contribution in [2.24, 2.45) is 0 Å². The zero-order chi connectivity index (χ0) is 6.81. The Kier molecular flexibility index (Phi) is 1.88. The molecule has 58 valence electrons. The van der Waals surface area contributed by atoms with Gasteiger partial charge >= 0.3 is 0 Å². The minimum atomic E-state index is 0.294. The Labute approximate surface area is 61.1 Å². The Hall–Kier alpha value is -0.120. The minimum Gasteiger partial charge on any atom is -0.360 e. The summed E-state index contributed by atoms with van der Waals surface area (Å²) < 4.78 is 5.46. The van der Waals surface area contributed by atoms with E-state index in [9.17, 15) is 0 Å². The molecule has 2 fully saturated rings. The normalized spacial score (nSPS) is 40.8.